The fourth-order valence-corrected chi connectivity index (χ4v) is 5.00. The molecule has 1 amide bonds. The van der Waals surface area contributed by atoms with E-state index in [1.165, 1.54) is 0 Å². The Labute approximate surface area is 202 Å². The number of carbonyl (C=O) groups excluding carboxylic acids is 1. The van der Waals surface area contributed by atoms with Crippen LogP contribution in [0.1, 0.15) is 25.7 Å². The zero-order valence-electron chi connectivity index (χ0n) is 20.0. The molecule has 0 bridgehead atoms. The predicted octanol–water partition coefficient (Wildman–Crippen LogP) is 2.73. The number of pyridine rings is 1. The fraction of sp³-hybridized carbons (Fsp3) is 0.440. The molecule has 182 valence electrons. The van der Waals surface area contributed by atoms with Crippen molar-refractivity contribution in [1.29, 1.82) is 0 Å². The molecule has 2 saturated heterocycles. The first kappa shape index (κ1) is 21.8. The quantitative estimate of drug-likeness (QED) is 0.454. The number of nitrogens with zero attached hydrogens (tertiary/aromatic N) is 6. The van der Waals surface area contributed by atoms with E-state index in [-0.39, 0.29) is 11.9 Å². The number of aromatic nitrogens is 4. The van der Waals surface area contributed by atoms with Gasteiger partial charge < -0.3 is 24.3 Å². The minimum absolute atomic E-state index is 0.0186. The molecular formula is C25H29N7O3. The van der Waals surface area contributed by atoms with Crippen LogP contribution >= 0.6 is 0 Å². The lowest BCUT2D eigenvalue weighted by atomic mass is 10.0. The van der Waals surface area contributed by atoms with E-state index in [2.05, 4.69) is 39.3 Å². The van der Waals surface area contributed by atoms with Crippen molar-refractivity contribution in [3.63, 3.8) is 0 Å². The molecule has 1 N–H and O–H groups in total. The van der Waals surface area contributed by atoms with Crippen LogP contribution in [-0.2, 0) is 4.79 Å². The smallest absolute Gasteiger partial charge is 0.231 e. The number of likely N-dealkylation sites (tertiary alicyclic amines) is 1. The summed E-state index contributed by atoms with van der Waals surface area (Å²) in [4.78, 5) is 25.3. The summed E-state index contributed by atoms with van der Waals surface area (Å²) in [7, 11) is 4.29. The Morgan fingerprint density at radius 1 is 1.20 bits per heavy atom. The Hall–Kier alpha value is -3.66. The first-order valence-corrected chi connectivity index (χ1v) is 12.1. The first-order valence-electron chi connectivity index (χ1n) is 12.1. The maximum absolute atomic E-state index is 11.4. The Bertz CT molecular complexity index is 1370. The predicted molar refractivity (Wildman–Crippen MR) is 132 cm³/mol. The second kappa shape index (κ2) is 8.84. The second-order valence-electron chi connectivity index (χ2n) is 9.50. The first-order chi connectivity index (χ1) is 17.0. The average Bonchev–Trinajstić information content (AvgIpc) is 3.59. The lowest BCUT2D eigenvalue weighted by Gasteiger charge is -2.35. The number of furan rings is 1. The standard InChI is InChI=1S/C25H29N7O3/c1-30-11-8-17(9-12-30)31(2)25-18-13-21(35-20(18)7-10-26-25)19-14-27-22-4-6-24(29-32(19)22)34-15-16-3-5-23(33)28-16/h4,6-7,10,13-14,16-17H,3,5,8-9,11-12,15H2,1-2H3,(H,28,33)/t16-/m1/s1. The van der Waals surface area contributed by atoms with Crippen molar-refractivity contribution in [2.45, 2.75) is 37.8 Å². The van der Waals surface area contributed by atoms with Crippen LogP contribution in [0.15, 0.2) is 41.1 Å². The number of ether oxygens (including phenoxy) is 1. The van der Waals surface area contributed by atoms with Gasteiger partial charge in [-0.15, -0.1) is 5.10 Å². The summed E-state index contributed by atoms with van der Waals surface area (Å²) in [5.41, 5.74) is 2.22. The molecule has 6 rings (SSSR count). The second-order valence-corrected chi connectivity index (χ2v) is 9.50. The number of nitrogens with one attached hydrogen (secondary N) is 1. The van der Waals surface area contributed by atoms with Crippen molar-refractivity contribution in [2.75, 3.05) is 38.7 Å². The molecule has 2 fully saturated rings. The van der Waals surface area contributed by atoms with Crippen LogP contribution in [0.5, 0.6) is 5.88 Å². The maximum Gasteiger partial charge on any atom is 0.231 e. The maximum atomic E-state index is 11.4. The summed E-state index contributed by atoms with van der Waals surface area (Å²) < 4.78 is 13.8. The highest BCUT2D eigenvalue weighted by molar-refractivity contribution is 5.92. The summed E-state index contributed by atoms with van der Waals surface area (Å²) in [6, 6.07) is 8.04. The van der Waals surface area contributed by atoms with Crippen LogP contribution in [0, 0.1) is 0 Å². The van der Waals surface area contributed by atoms with Gasteiger partial charge in [0.1, 0.15) is 23.7 Å². The van der Waals surface area contributed by atoms with Gasteiger partial charge in [-0.3, -0.25) is 4.79 Å². The number of fused-ring (bicyclic) bond motifs is 2. The van der Waals surface area contributed by atoms with Gasteiger partial charge in [-0.25, -0.2) is 14.5 Å². The number of piperidine rings is 1. The largest absolute Gasteiger partial charge is 0.474 e. The molecule has 4 aromatic rings. The SMILES string of the molecule is CN1CCC(N(C)c2nccc3oc(-c4cnc5ccc(OC[C@H]6CCC(=O)N6)nn45)cc23)CC1. The average molecular weight is 476 g/mol. The van der Waals surface area contributed by atoms with Crippen molar-refractivity contribution in [3.8, 4) is 17.3 Å². The highest BCUT2D eigenvalue weighted by atomic mass is 16.5. The van der Waals surface area contributed by atoms with E-state index < -0.39 is 0 Å². The summed E-state index contributed by atoms with van der Waals surface area (Å²) in [6.07, 6.45) is 7.10. The van der Waals surface area contributed by atoms with Crippen molar-refractivity contribution in [2.24, 2.45) is 0 Å². The van der Waals surface area contributed by atoms with E-state index in [1.54, 1.807) is 23.0 Å². The molecule has 4 aromatic heterocycles. The normalized spacial score (nSPS) is 19.5. The van der Waals surface area contributed by atoms with Gasteiger partial charge in [0.2, 0.25) is 11.8 Å². The molecule has 10 heteroatoms. The number of hydrogen-bond acceptors (Lipinski definition) is 8. The number of amides is 1. The molecule has 0 aromatic carbocycles. The zero-order valence-corrected chi connectivity index (χ0v) is 20.0. The molecule has 0 radical (unpaired) electrons. The molecule has 0 spiro atoms. The van der Waals surface area contributed by atoms with Crippen LogP contribution in [0.25, 0.3) is 28.1 Å². The Morgan fingerprint density at radius 3 is 2.86 bits per heavy atom. The minimum Gasteiger partial charge on any atom is -0.474 e. The van der Waals surface area contributed by atoms with Crippen molar-refractivity contribution < 1.29 is 13.9 Å². The van der Waals surface area contributed by atoms with E-state index in [9.17, 15) is 4.79 Å². The van der Waals surface area contributed by atoms with E-state index in [1.807, 2.05) is 18.2 Å². The lowest BCUT2D eigenvalue weighted by molar-refractivity contribution is -0.119. The van der Waals surface area contributed by atoms with E-state index >= 15 is 0 Å². The van der Waals surface area contributed by atoms with Gasteiger partial charge in [-0.1, -0.05) is 0 Å². The molecule has 2 aliphatic rings. The number of rotatable bonds is 6. The molecule has 1 atom stereocenters. The molecule has 10 nitrogen and oxygen atoms in total. The highest BCUT2D eigenvalue weighted by Gasteiger charge is 2.25. The summed E-state index contributed by atoms with van der Waals surface area (Å²) in [5, 5.41) is 8.51. The van der Waals surface area contributed by atoms with Gasteiger partial charge in [0.25, 0.3) is 0 Å². The Balaban J connectivity index is 1.29. The van der Waals surface area contributed by atoms with Crippen molar-refractivity contribution >= 4 is 28.3 Å². The van der Waals surface area contributed by atoms with Crippen LogP contribution in [0.2, 0.25) is 0 Å². The summed E-state index contributed by atoms with van der Waals surface area (Å²) >= 11 is 0. The topological polar surface area (TPSA) is 101 Å². The van der Waals surface area contributed by atoms with Gasteiger partial charge in [-0.05, 0) is 57.6 Å². The van der Waals surface area contributed by atoms with E-state index in [0.29, 0.717) is 36.4 Å². The molecule has 6 heterocycles. The number of hydrogen-bond donors (Lipinski definition) is 1. The molecule has 2 aliphatic heterocycles. The number of imidazole rings is 1. The number of anilines is 1. The third-order valence-corrected chi connectivity index (χ3v) is 7.10. The van der Waals surface area contributed by atoms with Crippen molar-refractivity contribution in [1.82, 2.24) is 29.8 Å². The van der Waals surface area contributed by atoms with Crippen molar-refractivity contribution in [3.05, 3.63) is 36.7 Å². The molecule has 0 unspecified atom stereocenters. The number of carbonyl (C=O) groups is 1. The lowest BCUT2D eigenvalue weighted by Crippen LogP contribution is -2.42. The van der Waals surface area contributed by atoms with Crippen LogP contribution in [-0.4, -0.2) is 76.3 Å². The van der Waals surface area contributed by atoms with E-state index in [4.69, 9.17) is 14.1 Å². The van der Waals surface area contributed by atoms with Crippen LogP contribution in [0.3, 0.4) is 0 Å². The van der Waals surface area contributed by atoms with Gasteiger partial charge >= 0.3 is 0 Å². The van der Waals surface area contributed by atoms with E-state index in [0.717, 1.165) is 54.8 Å². The van der Waals surface area contributed by atoms with Crippen LogP contribution < -0.4 is 15.0 Å². The molecule has 35 heavy (non-hydrogen) atoms. The highest BCUT2D eigenvalue weighted by Crippen LogP contribution is 2.34. The Kier molecular flexibility index (Phi) is 5.52. The monoisotopic (exact) mass is 475 g/mol. The van der Waals surface area contributed by atoms with Gasteiger partial charge in [0.15, 0.2) is 11.4 Å². The molecular weight excluding hydrogens is 446 g/mol. The van der Waals surface area contributed by atoms with Gasteiger partial charge in [0, 0.05) is 31.8 Å². The zero-order chi connectivity index (χ0) is 23.9. The third kappa shape index (κ3) is 4.18. The minimum atomic E-state index is 0.0186. The summed E-state index contributed by atoms with van der Waals surface area (Å²) in [5.74, 6) is 2.14. The van der Waals surface area contributed by atoms with Crippen LogP contribution in [0.4, 0.5) is 5.82 Å². The van der Waals surface area contributed by atoms with Gasteiger partial charge in [0.05, 0.1) is 17.6 Å². The summed E-state index contributed by atoms with van der Waals surface area (Å²) in [6.45, 7) is 2.57. The molecule has 0 saturated carbocycles. The molecule has 0 aliphatic carbocycles. The van der Waals surface area contributed by atoms with Gasteiger partial charge in [-0.2, -0.15) is 0 Å². The fourth-order valence-electron chi connectivity index (χ4n) is 5.00. The third-order valence-electron chi connectivity index (χ3n) is 7.10. The Morgan fingerprint density at radius 2 is 2.06 bits per heavy atom.